The summed E-state index contributed by atoms with van der Waals surface area (Å²) in [4.78, 5) is 41.4. The third-order valence-electron chi connectivity index (χ3n) is 8.26. The van der Waals surface area contributed by atoms with Crippen molar-refractivity contribution >= 4 is 54.4 Å². The van der Waals surface area contributed by atoms with Crippen LogP contribution >= 0.6 is 0 Å². The van der Waals surface area contributed by atoms with Crippen molar-refractivity contribution in [2.45, 2.75) is 37.8 Å². The molecule has 39 heavy (non-hydrogen) atoms. The quantitative estimate of drug-likeness (QED) is 0.212. The fourth-order valence-electron chi connectivity index (χ4n) is 5.93. The summed E-state index contributed by atoms with van der Waals surface area (Å²) in [6, 6.07) is 13.6. The van der Waals surface area contributed by atoms with Gasteiger partial charge in [-0.3, -0.25) is 0 Å². The molecule has 1 fully saturated rings. The van der Waals surface area contributed by atoms with Gasteiger partial charge in [-0.15, -0.1) is 0 Å². The van der Waals surface area contributed by atoms with Crippen LogP contribution in [0.2, 0.25) is 0 Å². The van der Waals surface area contributed by atoms with E-state index in [-0.39, 0.29) is 16.7 Å². The molecule has 1 atom stereocenters. The predicted octanol–water partition coefficient (Wildman–Crippen LogP) is 5.47. The number of hydrogen-bond acceptors (Lipinski definition) is 4. The molecule has 200 valence electrons. The molecule has 0 bridgehead atoms. The van der Waals surface area contributed by atoms with Crippen molar-refractivity contribution in [3.63, 3.8) is 0 Å². The van der Waals surface area contributed by atoms with Gasteiger partial charge >= 0.3 is 229 Å². The van der Waals surface area contributed by atoms with Gasteiger partial charge in [-0.05, 0) is 0 Å². The first-order valence-electron chi connectivity index (χ1n) is 12.3. The van der Waals surface area contributed by atoms with E-state index in [0.717, 1.165) is 26.6 Å². The molecule has 4 heterocycles. The van der Waals surface area contributed by atoms with E-state index in [1.54, 1.807) is 12.1 Å². The zero-order valence-corrected chi connectivity index (χ0v) is 23.5. The van der Waals surface area contributed by atoms with E-state index in [9.17, 15) is 14.4 Å². The number of nitrogens with zero attached hydrogens (tertiary/aromatic N) is 3. The molecule has 1 unspecified atom stereocenters. The number of amides is 4. The molecule has 10 heteroatoms. The molecule has 2 aromatic carbocycles. The summed E-state index contributed by atoms with van der Waals surface area (Å²) < 4.78 is 46.3. The second kappa shape index (κ2) is 7.96. The standard InChI is InChI=1S/C29H24F3N3O3Se/c1-27(2)17-9-6-7-12-21(17)35-22-18(27)10-8-11-19(22)28(3,29(30,31)32)20-14-15(39-25(20)35)13-16-23(36)33(4)26(38)34(5)24(16)37/h6-14H,1-5H3. The normalized spacial score (nSPS) is 21.6. The van der Waals surface area contributed by atoms with E-state index in [2.05, 4.69) is 0 Å². The summed E-state index contributed by atoms with van der Waals surface area (Å²) in [5, 5.41) is 0. The number of carbonyl (C=O) groups is 3. The van der Waals surface area contributed by atoms with E-state index in [0.29, 0.717) is 14.7 Å². The number of carbonyl (C=O) groups excluding carboxylic acids is 3. The molecule has 6 rings (SSSR count). The average Bonchev–Trinajstić information content (AvgIpc) is 3.32. The Kier molecular flexibility index (Phi) is 5.23. The molecule has 3 aromatic rings. The molecule has 6 nitrogen and oxygen atoms in total. The van der Waals surface area contributed by atoms with Crippen molar-refractivity contribution in [2.24, 2.45) is 0 Å². The second-order valence-corrected chi connectivity index (χ2v) is 13.0. The number of fused-ring (bicyclic) bond motifs is 4. The first kappa shape index (κ1) is 25.6. The number of para-hydroxylation sites is 2. The zero-order valence-electron chi connectivity index (χ0n) is 21.8. The van der Waals surface area contributed by atoms with E-state index >= 15 is 13.2 Å². The number of benzene rings is 2. The maximum atomic E-state index is 15.1. The summed E-state index contributed by atoms with van der Waals surface area (Å²) in [6.07, 6.45) is -3.26. The minimum atomic E-state index is -4.62. The molecular weight excluding hydrogens is 574 g/mol. The Hall–Kier alpha value is -3.62. The average molecular weight is 598 g/mol. The van der Waals surface area contributed by atoms with Crippen LogP contribution in [0.25, 0.3) is 6.08 Å². The molecule has 4 amide bonds. The van der Waals surface area contributed by atoms with Crippen LogP contribution < -0.4 is 4.90 Å². The molecular formula is C29H24F3N3O3Se. The number of halogens is 3. The fraction of sp³-hybridized carbons (Fsp3) is 0.276. The molecule has 3 aliphatic heterocycles. The maximum absolute atomic E-state index is 15.1. The second-order valence-electron chi connectivity index (χ2n) is 10.7. The van der Waals surface area contributed by atoms with Gasteiger partial charge in [0.1, 0.15) is 0 Å². The number of urea groups is 1. The Morgan fingerprint density at radius 3 is 2.05 bits per heavy atom. The van der Waals surface area contributed by atoms with E-state index in [4.69, 9.17) is 0 Å². The van der Waals surface area contributed by atoms with Crippen molar-refractivity contribution in [3.05, 3.63) is 80.8 Å². The summed E-state index contributed by atoms with van der Waals surface area (Å²) >= 11 is -0.673. The van der Waals surface area contributed by atoms with Gasteiger partial charge in [-0.2, -0.15) is 0 Å². The van der Waals surface area contributed by atoms with Crippen LogP contribution in [0.3, 0.4) is 0 Å². The number of hydrogen-bond donors (Lipinski definition) is 0. The SMILES string of the molecule is CN1C(=O)C(=Cc2cc3c([se]2)N2c4ccccc4C(C)(C)c4cccc(c42)C3(C)C(F)(F)F)C(=O)N(C)C1=O. The van der Waals surface area contributed by atoms with Gasteiger partial charge in [-0.25, -0.2) is 0 Å². The molecule has 0 spiro atoms. The van der Waals surface area contributed by atoms with E-state index < -0.39 is 49.4 Å². The number of barbiturate groups is 1. The van der Waals surface area contributed by atoms with Crippen LogP contribution in [-0.2, 0) is 20.4 Å². The van der Waals surface area contributed by atoms with Crippen molar-refractivity contribution in [2.75, 3.05) is 19.0 Å². The number of imide groups is 2. The summed E-state index contributed by atoms with van der Waals surface area (Å²) in [6.45, 7) is 5.26. The Bertz CT molecular complexity index is 1630. The number of alkyl halides is 3. The molecule has 3 aliphatic rings. The van der Waals surface area contributed by atoms with Gasteiger partial charge in [0, 0.05) is 0 Å². The molecule has 0 saturated carbocycles. The molecule has 0 aliphatic carbocycles. The van der Waals surface area contributed by atoms with Gasteiger partial charge < -0.3 is 0 Å². The van der Waals surface area contributed by atoms with Crippen molar-refractivity contribution in [3.8, 4) is 0 Å². The van der Waals surface area contributed by atoms with Crippen LogP contribution in [0.5, 0.6) is 0 Å². The van der Waals surface area contributed by atoms with E-state index in [1.807, 2.05) is 49.1 Å². The van der Waals surface area contributed by atoms with Crippen molar-refractivity contribution in [1.29, 1.82) is 0 Å². The Morgan fingerprint density at radius 1 is 0.821 bits per heavy atom. The Balaban J connectivity index is 1.65. The van der Waals surface area contributed by atoms with Crippen LogP contribution in [0, 0.1) is 0 Å². The zero-order chi connectivity index (χ0) is 28.2. The summed E-state index contributed by atoms with van der Waals surface area (Å²) in [5.41, 5.74) is 0.353. The first-order chi connectivity index (χ1) is 18.2. The minimum absolute atomic E-state index is 0.106. The molecule has 1 saturated heterocycles. The van der Waals surface area contributed by atoms with Crippen molar-refractivity contribution < 1.29 is 27.6 Å². The number of anilines is 3. The number of likely N-dealkylation sites (N-methyl/N-ethyl adjacent to an activating group) is 2. The van der Waals surface area contributed by atoms with Gasteiger partial charge in [0.15, 0.2) is 0 Å². The van der Waals surface area contributed by atoms with Crippen LogP contribution in [0.1, 0.15) is 47.5 Å². The first-order valence-corrected chi connectivity index (χ1v) is 14.0. The Morgan fingerprint density at radius 2 is 1.41 bits per heavy atom. The van der Waals surface area contributed by atoms with Gasteiger partial charge in [0.25, 0.3) is 0 Å². The fourth-order valence-corrected chi connectivity index (χ4v) is 8.51. The molecule has 0 radical (unpaired) electrons. The summed E-state index contributed by atoms with van der Waals surface area (Å²) in [5.74, 6) is -1.56. The third kappa shape index (κ3) is 3.19. The summed E-state index contributed by atoms with van der Waals surface area (Å²) in [7, 11) is 2.54. The van der Waals surface area contributed by atoms with Crippen LogP contribution in [-0.4, -0.2) is 62.4 Å². The van der Waals surface area contributed by atoms with Crippen molar-refractivity contribution in [1.82, 2.24) is 9.80 Å². The van der Waals surface area contributed by atoms with Crippen LogP contribution in [0.15, 0.2) is 54.1 Å². The van der Waals surface area contributed by atoms with Gasteiger partial charge in [-0.1, -0.05) is 0 Å². The molecule has 0 N–H and O–H groups in total. The third-order valence-corrected chi connectivity index (χ3v) is 10.5. The van der Waals surface area contributed by atoms with E-state index in [1.165, 1.54) is 33.2 Å². The molecule has 1 aromatic heterocycles. The predicted molar refractivity (Wildman–Crippen MR) is 142 cm³/mol. The monoisotopic (exact) mass is 599 g/mol. The van der Waals surface area contributed by atoms with Gasteiger partial charge in [0.05, 0.1) is 0 Å². The van der Waals surface area contributed by atoms with Gasteiger partial charge in [0.2, 0.25) is 0 Å². The van der Waals surface area contributed by atoms with Crippen LogP contribution in [0.4, 0.5) is 33.9 Å². The number of rotatable bonds is 1. The topological polar surface area (TPSA) is 60.9 Å². The Labute approximate surface area is 229 Å².